The molecule has 8 heteroatoms. The summed E-state index contributed by atoms with van der Waals surface area (Å²) < 4.78 is 5.76. The highest BCUT2D eigenvalue weighted by Gasteiger charge is 2.09. The molecule has 0 fully saturated rings. The largest absolute Gasteiger partial charge is 0.508 e. The molecule has 0 amide bonds. The van der Waals surface area contributed by atoms with Crippen molar-refractivity contribution in [1.82, 2.24) is 9.97 Å². The predicted molar refractivity (Wildman–Crippen MR) is 96.6 cm³/mol. The van der Waals surface area contributed by atoms with Gasteiger partial charge in [-0.25, -0.2) is 4.98 Å². The average molecular weight is 365 g/mol. The number of aromatic hydroxyl groups is 1. The number of rotatable bonds is 4. The number of aromatic nitrogens is 2. The molecule has 0 aliphatic heterocycles. The molecular formula is C16H14Cl2N4O2. The van der Waals surface area contributed by atoms with Crippen LogP contribution in [0.15, 0.2) is 54.7 Å². The summed E-state index contributed by atoms with van der Waals surface area (Å²) in [6.45, 7) is 0. The minimum atomic E-state index is 0. The zero-order valence-electron chi connectivity index (χ0n) is 12.3. The van der Waals surface area contributed by atoms with Crippen LogP contribution < -0.4 is 15.8 Å². The lowest BCUT2D eigenvalue weighted by Gasteiger charge is -2.12. The van der Waals surface area contributed by atoms with Crippen molar-refractivity contribution in [2.75, 3.05) is 11.1 Å². The standard InChI is InChI=1S/C16H13ClN4O2.ClH/c17-10-1-7-13(8-2-10)23-14-9-19-16(18)21-15(14)20-11-3-5-12(22)6-4-11;/h1-9,22H,(H3,18,19,20,21);1H. The van der Waals surface area contributed by atoms with Gasteiger partial charge in [0.05, 0.1) is 6.20 Å². The summed E-state index contributed by atoms with van der Waals surface area (Å²) in [4.78, 5) is 8.09. The van der Waals surface area contributed by atoms with Gasteiger partial charge in [-0.15, -0.1) is 12.4 Å². The van der Waals surface area contributed by atoms with E-state index in [1.54, 1.807) is 48.5 Å². The van der Waals surface area contributed by atoms with Gasteiger partial charge in [0.1, 0.15) is 11.5 Å². The van der Waals surface area contributed by atoms with E-state index in [9.17, 15) is 5.11 Å². The number of phenolic OH excluding ortho intramolecular Hbond substituents is 1. The molecule has 0 spiro atoms. The molecule has 0 aliphatic carbocycles. The Morgan fingerprint density at radius 3 is 2.38 bits per heavy atom. The molecule has 3 aromatic rings. The molecule has 24 heavy (non-hydrogen) atoms. The molecule has 2 aromatic carbocycles. The average Bonchev–Trinajstić information content (AvgIpc) is 2.54. The summed E-state index contributed by atoms with van der Waals surface area (Å²) in [5.41, 5.74) is 6.37. The topological polar surface area (TPSA) is 93.3 Å². The number of ether oxygens (including phenoxy) is 1. The van der Waals surface area contributed by atoms with Crippen LogP contribution in [-0.4, -0.2) is 15.1 Å². The lowest BCUT2D eigenvalue weighted by atomic mass is 10.3. The van der Waals surface area contributed by atoms with Crippen LogP contribution in [0.5, 0.6) is 17.2 Å². The molecule has 0 saturated carbocycles. The van der Waals surface area contributed by atoms with Crippen LogP contribution in [0.3, 0.4) is 0 Å². The molecule has 4 N–H and O–H groups in total. The number of nitrogens with two attached hydrogens (primary N) is 1. The SMILES string of the molecule is Cl.Nc1ncc(Oc2ccc(Cl)cc2)c(Nc2ccc(O)cc2)n1. The first-order chi connectivity index (χ1) is 11.1. The summed E-state index contributed by atoms with van der Waals surface area (Å²) in [6.07, 6.45) is 1.49. The molecule has 0 radical (unpaired) electrons. The van der Waals surface area contributed by atoms with Crippen LogP contribution in [0.1, 0.15) is 0 Å². The van der Waals surface area contributed by atoms with Gasteiger partial charge in [-0.2, -0.15) is 4.98 Å². The lowest BCUT2D eigenvalue weighted by molar-refractivity contribution is 0.475. The van der Waals surface area contributed by atoms with Gasteiger partial charge in [-0.05, 0) is 48.5 Å². The fraction of sp³-hybridized carbons (Fsp3) is 0. The van der Waals surface area contributed by atoms with Crippen LogP contribution >= 0.6 is 24.0 Å². The number of phenols is 1. The number of hydrogen-bond donors (Lipinski definition) is 3. The van der Waals surface area contributed by atoms with Crippen molar-refractivity contribution in [3.8, 4) is 17.2 Å². The maximum Gasteiger partial charge on any atom is 0.222 e. The van der Waals surface area contributed by atoms with Crippen LogP contribution in [0.2, 0.25) is 5.02 Å². The zero-order valence-corrected chi connectivity index (χ0v) is 13.9. The van der Waals surface area contributed by atoms with E-state index in [2.05, 4.69) is 15.3 Å². The Morgan fingerprint density at radius 2 is 1.71 bits per heavy atom. The van der Waals surface area contributed by atoms with Crippen molar-refractivity contribution < 1.29 is 9.84 Å². The molecule has 0 bridgehead atoms. The fourth-order valence-electron chi connectivity index (χ4n) is 1.86. The Hall–Kier alpha value is -2.70. The Balaban J connectivity index is 0.00000208. The van der Waals surface area contributed by atoms with Gasteiger partial charge in [0.2, 0.25) is 5.95 Å². The number of nitrogens with one attached hydrogen (secondary N) is 1. The van der Waals surface area contributed by atoms with E-state index in [0.29, 0.717) is 22.3 Å². The normalized spacial score (nSPS) is 9.88. The van der Waals surface area contributed by atoms with Crippen molar-refractivity contribution in [2.24, 2.45) is 0 Å². The number of benzene rings is 2. The smallest absolute Gasteiger partial charge is 0.222 e. The van der Waals surface area contributed by atoms with Gasteiger partial charge in [-0.1, -0.05) is 11.6 Å². The first-order valence-electron chi connectivity index (χ1n) is 6.72. The molecule has 6 nitrogen and oxygen atoms in total. The van der Waals surface area contributed by atoms with Crippen molar-refractivity contribution in [1.29, 1.82) is 0 Å². The number of halogens is 2. The summed E-state index contributed by atoms with van der Waals surface area (Å²) in [5.74, 6) is 1.72. The minimum Gasteiger partial charge on any atom is -0.508 e. The third-order valence-electron chi connectivity index (χ3n) is 2.95. The lowest BCUT2D eigenvalue weighted by Crippen LogP contribution is -2.02. The van der Waals surface area contributed by atoms with E-state index < -0.39 is 0 Å². The Labute approximate surface area is 149 Å². The van der Waals surface area contributed by atoms with Crippen molar-refractivity contribution in [3.05, 3.63) is 59.8 Å². The summed E-state index contributed by atoms with van der Waals surface area (Å²) in [5, 5.41) is 13.0. The van der Waals surface area contributed by atoms with Crippen LogP contribution in [0.25, 0.3) is 0 Å². The Morgan fingerprint density at radius 1 is 1.04 bits per heavy atom. The second-order valence-electron chi connectivity index (χ2n) is 4.67. The Kier molecular flexibility index (Phi) is 5.68. The van der Waals surface area contributed by atoms with Gasteiger partial charge in [0.15, 0.2) is 11.6 Å². The molecule has 0 aliphatic rings. The third-order valence-corrected chi connectivity index (χ3v) is 3.20. The van der Waals surface area contributed by atoms with Crippen molar-refractivity contribution in [3.63, 3.8) is 0 Å². The van der Waals surface area contributed by atoms with E-state index >= 15 is 0 Å². The molecule has 1 heterocycles. The molecule has 0 unspecified atom stereocenters. The minimum absolute atomic E-state index is 0. The summed E-state index contributed by atoms with van der Waals surface area (Å²) >= 11 is 5.86. The van der Waals surface area contributed by atoms with Gasteiger partial charge >= 0.3 is 0 Å². The van der Waals surface area contributed by atoms with Crippen LogP contribution in [0, 0.1) is 0 Å². The van der Waals surface area contributed by atoms with E-state index in [0.717, 1.165) is 5.69 Å². The van der Waals surface area contributed by atoms with Crippen molar-refractivity contribution >= 4 is 41.5 Å². The second kappa shape index (κ2) is 7.72. The predicted octanol–water partition coefficient (Wildman–Crippen LogP) is 4.38. The molecular weight excluding hydrogens is 351 g/mol. The molecule has 1 aromatic heterocycles. The number of nitrogens with zero attached hydrogens (tertiary/aromatic N) is 2. The highest BCUT2D eigenvalue weighted by atomic mass is 35.5. The van der Waals surface area contributed by atoms with Gasteiger partial charge < -0.3 is 20.9 Å². The van der Waals surface area contributed by atoms with E-state index in [-0.39, 0.29) is 24.1 Å². The first-order valence-corrected chi connectivity index (χ1v) is 7.10. The van der Waals surface area contributed by atoms with E-state index in [1.165, 1.54) is 6.20 Å². The maximum absolute atomic E-state index is 9.33. The molecule has 124 valence electrons. The Bertz CT molecular complexity index is 811. The molecule has 3 rings (SSSR count). The second-order valence-corrected chi connectivity index (χ2v) is 5.11. The van der Waals surface area contributed by atoms with Gasteiger partial charge in [0.25, 0.3) is 0 Å². The van der Waals surface area contributed by atoms with E-state index in [4.69, 9.17) is 22.1 Å². The van der Waals surface area contributed by atoms with Crippen molar-refractivity contribution in [2.45, 2.75) is 0 Å². The number of hydrogen-bond acceptors (Lipinski definition) is 6. The summed E-state index contributed by atoms with van der Waals surface area (Å²) in [6, 6.07) is 13.5. The quantitative estimate of drug-likeness (QED) is 0.595. The van der Waals surface area contributed by atoms with Gasteiger partial charge in [-0.3, -0.25) is 0 Å². The summed E-state index contributed by atoms with van der Waals surface area (Å²) in [7, 11) is 0. The fourth-order valence-corrected chi connectivity index (χ4v) is 1.99. The van der Waals surface area contributed by atoms with Crippen LogP contribution in [0.4, 0.5) is 17.5 Å². The highest BCUT2D eigenvalue weighted by molar-refractivity contribution is 6.30. The third kappa shape index (κ3) is 4.41. The number of nitrogen functional groups attached to an aromatic ring is 1. The van der Waals surface area contributed by atoms with Gasteiger partial charge in [0, 0.05) is 10.7 Å². The monoisotopic (exact) mass is 364 g/mol. The number of anilines is 3. The van der Waals surface area contributed by atoms with E-state index in [1.807, 2.05) is 0 Å². The maximum atomic E-state index is 9.33. The zero-order chi connectivity index (χ0) is 16.2. The highest BCUT2D eigenvalue weighted by Crippen LogP contribution is 2.30. The first kappa shape index (κ1) is 17.7. The molecule has 0 saturated heterocycles. The van der Waals surface area contributed by atoms with Crippen LogP contribution in [-0.2, 0) is 0 Å². The molecule has 0 atom stereocenters.